The van der Waals surface area contributed by atoms with Crippen molar-refractivity contribution >= 4 is 5.82 Å². The molecule has 4 rings (SSSR count). The van der Waals surface area contributed by atoms with Crippen LogP contribution in [-0.2, 0) is 5.60 Å². The van der Waals surface area contributed by atoms with E-state index in [4.69, 9.17) is 10.5 Å². The molecule has 35 heavy (non-hydrogen) atoms. The first kappa shape index (κ1) is 24.8. The third kappa shape index (κ3) is 6.21. The molecule has 0 atom stereocenters. The zero-order chi connectivity index (χ0) is 25.2. The van der Waals surface area contributed by atoms with Crippen LogP contribution in [-0.4, -0.2) is 50.5 Å². The van der Waals surface area contributed by atoms with Crippen molar-refractivity contribution in [3.63, 3.8) is 0 Å². The van der Waals surface area contributed by atoms with Gasteiger partial charge in [-0.15, -0.1) is 0 Å². The van der Waals surface area contributed by atoms with E-state index in [0.29, 0.717) is 17.6 Å². The lowest BCUT2D eigenvalue weighted by molar-refractivity contribution is 0.109. The number of piperidine rings is 1. The topological polar surface area (TPSA) is 89.4 Å². The second kappa shape index (κ2) is 9.73. The molecule has 1 aromatic carbocycles. The molecule has 1 saturated heterocycles. The number of likely N-dealkylation sites (tertiary alicyclic amines) is 1. The fourth-order valence-corrected chi connectivity index (χ4v) is 4.17. The summed E-state index contributed by atoms with van der Waals surface area (Å²) in [4.78, 5) is 6.75. The molecule has 1 aliphatic rings. The van der Waals surface area contributed by atoms with Crippen molar-refractivity contribution in [3.8, 4) is 28.7 Å². The van der Waals surface area contributed by atoms with Crippen molar-refractivity contribution in [1.82, 2.24) is 19.7 Å². The molecule has 3 heterocycles. The minimum Gasteiger partial charge on any atom is -0.479 e. The van der Waals surface area contributed by atoms with Gasteiger partial charge in [0.1, 0.15) is 11.2 Å². The quantitative estimate of drug-likeness (QED) is 0.539. The van der Waals surface area contributed by atoms with E-state index in [-0.39, 0.29) is 0 Å². The summed E-state index contributed by atoms with van der Waals surface area (Å²) in [6, 6.07) is 10.2. The Bertz CT molecular complexity index is 1240. The van der Waals surface area contributed by atoms with Crippen LogP contribution in [0.15, 0.2) is 48.9 Å². The van der Waals surface area contributed by atoms with Gasteiger partial charge in [0.2, 0.25) is 0 Å². The highest BCUT2D eigenvalue weighted by Crippen LogP contribution is 2.34. The van der Waals surface area contributed by atoms with Crippen LogP contribution in [0.2, 0.25) is 0 Å². The van der Waals surface area contributed by atoms with Gasteiger partial charge in [-0.1, -0.05) is 24.0 Å². The summed E-state index contributed by atoms with van der Waals surface area (Å²) in [5, 5.41) is 14.5. The average Bonchev–Trinajstić information content (AvgIpc) is 3.30. The fourth-order valence-electron chi connectivity index (χ4n) is 4.17. The Morgan fingerprint density at radius 1 is 1.09 bits per heavy atom. The molecule has 0 aliphatic carbocycles. The van der Waals surface area contributed by atoms with Gasteiger partial charge >= 0.3 is 0 Å². The second-order valence-corrected chi connectivity index (χ2v) is 10.4. The summed E-state index contributed by atoms with van der Waals surface area (Å²) >= 11 is 0. The molecule has 0 bridgehead atoms. The SMILES string of the molecule is CN1CCC(n2cc(-c3cnc(N)c(OC(C)(C)c4cccc(C#CC(C)(C)O)c4)c3)cn2)CC1. The predicted molar refractivity (Wildman–Crippen MR) is 139 cm³/mol. The molecule has 7 heteroatoms. The molecule has 1 fully saturated rings. The highest BCUT2D eigenvalue weighted by atomic mass is 16.5. The number of hydrogen-bond acceptors (Lipinski definition) is 6. The maximum atomic E-state index is 9.91. The van der Waals surface area contributed by atoms with Gasteiger partial charge in [-0.25, -0.2) is 4.98 Å². The van der Waals surface area contributed by atoms with Gasteiger partial charge in [0.25, 0.3) is 0 Å². The molecule has 0 unspecified atom stereocenters. The zero-order valence-electron chi connectivity index (χ0n) is 21.2. The molecule has 0 radical (unpaired) electrons. The highest BCUT2D eigenvalue weighted by molar-refractivity contribution is 5.66. The number of rotatable bonds is 5. The number of nitrogen functional groups attached to an aromatic ring is 1. The largest absolute Gasteiger partial charge is 0.479 e. The van der Waals surface area contributed by atoms with Crippen LogP contribution in [0.5, 0.6) is 5.75 Å². The standard InChI is InChI=1S/C28H35N5O2/c1-27(2,34)12-9-20-7-6-8-23(15-20)28(3,4)35-25-16-21(17-30-26(25)29)22-18-31-33(19-22)24-10-13-32(5)14-11-24/h6-8,15-19,24,34H,10-11,13-14H2,1-5H3,(H2,29,30). The van der Waals surface area contributed by atoms with Crippen LogP contribution in [0.1, 0.15) is 57.7 Å². The van der Waals surface area contributed by atoms with Gasteiger partial charge < -0.3 is 20.5 Å². The number of nitrogens with two attached hydrogens (primary N) is 1. The van der Waals surface area contributed by atoms with Gasteiger partial charge in [0, 0.05) is 29.1 Å². The minimum absolute atomic E-state index is 0.336. The van der Waals surface area contributed by atoms with E-state index in [1.54, 1.807) is 20.0 Å². The molecule has 2 aromatic heterocycles. The van der Waals surface area contributed by atoms with E-state index in [0.717, 1.165) is 48.2 Å². The smallest absolute Gasteiger partial charge is 0.166 e. The van der Waals surface area contributed by atoms with E-state index < -0.39 is 11.2 Å². The van der Waals surface area contributed by atoms with E-state index in [9.17, 15) is 5.11 Å². The van der Waals surface area contributed by atoms with E-state index in [2.05, 4.69) is 44.7 Å². The van der Waals surface area contributed by atoms with Crippen LogP contribution in [0.25, 0.3) is 11.1 Å². The van der Waals surface area contributed by atoms with Gasteiger partial charge in [-0.3, -0.25) is 4.68 Å². The molecule has 0 saturated carbocycles. The van der Waals surface area contributed by atoms with Gasteiger partial charge in [-0.05, 0) is 84.4 Å². The van der Waals surface area contributed by atoms with E-state index in [1.807, 2.05) is 50.4 Å². The van der Waals surface area contributed by atoms with Crippen molar-refractivity contribution < 1.29 is 9.84 Å². The number of aliphatic hydroxyl groups is 1. The summed E-state index contributed by atoms with van der Waals surface area (Å²) in [5.74, 6) is 6.74. The van der Waals surface area contributed by atoms with Crippen LogP contribution in [0.4, 0.5) is 5.82 Å². The van der Waals surface area contributed by atoms with Crippen LogP contribution >= 0.6 is 0 Å². The number of benzene rings is 1. The third-order valence-corrected chi connectivity index (χ3v) is 6.31. The van der Waals surface area contributed by atoms with Crippen molar-refractivity contribution in [1.29, 1.82) is 0 Å². The molecule has 0 amide bonds. The first-order valence-corrected chi connectivity index (χ1v) is 12.0. The summed E-state index contributed by atoms with van der Waals surface area (Å²) in [7, 11) is 2.16. The van der Waals surface area contributed by atoms with Crippen molar-refractivity contribution in [2.75, 3.05) is 25.9 Å². The lowest BCUT2D eigenvalue weighted by Gasteiger charge is -2.29. The van der Waals surface area contributed by atoms with E-state index >= 15 is 0 Å². The normalized spacial score (nSPS) is 15.5. The van der Waals surface area contributed by atoms with Crippen molar-refractivity contribution in [2.45, 2.75) is 57.8 Å². The monoisotopic (exact) mass is 473 g/mol. The maximum Gasteiger partial charge on any atom is 0.166 e. The number of aromatic nitrogens is 3. The fraction of sp³-hybridized carbons (Fsp3) is 0.429. The van der Waals surface area contributed by atoms with Crippen LogP contribution in [0, 0.1) is 11.8 Å². The number of pyridine rings is 1. The summed E-state index contributed by atoms with van der Waals surface area (Å²) in [6.07, 6.45) is 7.92. The number of hydrogen-bond donors (Lipinski definition) is 2. The molecule has 184 valence electrons. The Kier molecular flexibility index (Phi) is 6.88. The minimum atomic E-state index is -1.05. The first-order valence-electron chi connectivity index (χ1n) is 12.0. The van der Waals surface area contributed by atoms with Crippen LogP contribution < -0.4 is 10.5 Å². The maximum absolute atomic E-state index is 9.91. The average molecular weight is 474 g/mol. The summed E-state index contributed by atoms with van der Waals surface area (Å²) in [5.41, 5.74) is 8.12. The third-order valence-electron chi connectivity index (χ3n) is 6.31. The number of nitrogens with zero attached hydrogens (tertiary/aromatic N) is 4. The molecule has 3 N–H and O–H groups in total. The Labute approximate surface area is 207 Å². The number of anilines is 1. The molecule has 3 aromatic rings. The highest BCUT2D eigenvalue weighted by Gasteiger charge is 2.25. The molecular weight excluding hydrogens is 438 g/mol. The van der Waals surface area contributed by atoms with Crippen molar-refractivity contribution in [2.24, 2.45) is 0 Å². The molecule has 7 nitrogen and oxygen atoms in total. The molecule has 1 aliphatic heterocycles. The van der Waals surface area contributed by atoms with Crippen LogP contribution in [0.3, 0.4) is 0 Å². The second-order valence-electron chi connectivity index (χ2n) is 10.4. The Morgan fingerprint density at radius 3 is 2.54 bits per heavy atom. The zero-order valence-corrected chi connectivity index (χ0v) is 21.2. The lowest BCUT2D eigenvalue weighted by atomic mass is 9.96. The van der Waals surface area contributed by atoms with Gasteiger partial charge in [-0.2, -0.15) is 5.10 Å². The predicted octanol–water partition coefficient (Wildman–Crippen LogP) is 4.23. The summed E-state index contributed by atoms with van der Waals surface area (Å²) < 4.78 is 8.47. The van der Waals surface area contributed by atoms with E-state index in [1.165, 1.54) is 0 Å². The molecular formula is C28H35N5O2. The first-order chi connectivity index (χ1) is 16.5. The Balaban J connectivity index is 1.55. The Morgan fingerprint density at radius 2 is 1.83 bits per heavy atom. The number of ether oxygens (including phenoxy) is 1. The van der Waals surface area contributed by atoms with Crippen molar-refractivity contribution in [3.05, 3.63) is 60.0 Å². The van der Waals surface area contributed by atoms with Gasteiger partial charge in [0.05, 0.1) is 12.2 Å². The van der Waals surface area contributed by atoms with Gasteiger partial charge in [0.15, 0.2) is 11.6 Å². The lowest BCUT2D eigenvalue weighted by Crippen LogP contribution is -2.31. The molecule has 0 spiro atoms. The summed E-state index contributed by atoms with van der Waals surface area (Å²) in [6.45, 7) is 9.47. The Hall–Kier alpha value is -3.34.